The van der Waals surface area contributed by atoms with Gasteiger partial charge in [0.25, 0.3) is 5.69 Å². The van der Waals surface area contributed by atoms with Crippen LogP contribution in [-0.4, -0.2) is 4.92 Å². The van der Waals surface area contributed by atoms with Gasteiger partial charge in [-0.1, -0.05) is 11.6 Å². The molecule has 3 nitrogen and oxygen atoms in total. The van der Waals surface area contributed by atoms with Gasteiger partial charge in [0.15, 0.2) is 0 Å². The standard InChI is InChI=1S/C8H7Cl2NO2/c1-5-2-7(10)6(4-9)8(3-5)11(12)13/h2-3H,4H2,1H3. The highest BCUT2D eigenvalue weighted by molar-refractivity contribution is 6.32. The number of hydrogen-bond donors (Lipinski definition) is 0. The largest absolute Gasteiger partial charge is 0.275 e. The second-order valence-electron chi connectivity index (χ2n) is 2.64. The van der Waals surface area contributed by atoms with Gasteiger partial charge in [0.05, 0.1) is 21.4 Å². The highest BCUT2D eigenvalue weighted by Crippen LogP contribution is 2.29. The van der Waals surface area contributed by atoms with E-state index < -0.39 is 4.92 Å². The molecule has 1 rings (SSSR count). The van der Waals surface area contributed by atoms with Crippen LogP contribution in [0.2, 0.25) is 5.02 Å². The number of alkyl halides is 1. The summed E-state index contributed by atoms with van der Waals surface area (Å²) in [6, 6.07) is 3.12. The molecule has 1 aromatic carbocycles. The maximum absolute atomic E-state index is 10.6. The molecule has 13 heavy (non-hydrogen) atoms. The number of hydrogen-bond acceptors (Lipinski definition) is 2. The third-order valence-corrected chi connectivity index (χ3v) is 2.25. The van der Waals surface area contributed by atoms with Gasteiger partial charge in [0.1, 0.15) is 0 Å². The Labute approximate surface area is 85.4 Å². The maximum atomic E-state index is 10.6. The Morgan fingerprint density at radius 3 is 2.62 bits per heavy atom. The molecule has 0 bridgehead atoms. The first-order valence-electron chi connectivity index (χ1n) is 3.55. The van der Waals surface area contributed by atoms with Crippen LogP contribution in [0.4, 0.5) is 5.69 Å². The van der Waals surface area contributed by atoms with E-state index in [0.717, 1.165) is 5.56 Å². The minimum Gasteiger partial charge on any atom is -0.258 e. The van der Waals surface area contributed by atoms with Gasteiger partial charge in [-0.15, -0.1) is 11.6 Å². The summed E-state index contributed by atoms with van der Waals surface area (Å²) in [4.78, 5) is 10.1. The van der Waals surface area contributed by atoms with Gasteiger partial charge < -0.3 is 0 Å². The molecule has 0 saturated carbocycles. The fourth-order valence-corrected chi connectivity index (χ4v) is 1.73. The zero-order valence-electron chi connectivity index (χ0n) is 6.88. The Morgan fingerprint density at radius 2 is 2.15 bits per heavy atom. The van der Waals surface area contributed by atoms with Crippen LogP contribution in [0.1, 0.15) is 11.1 Å². The maximum Gasteiger partial charge on any atom is 0.275 e. The second-order valence-corrected chi connectivity index (χ2v) is 3.31. The van der Waals surface area contributed by atoms with Crippen molar-refractivity contribution in [2.24, 2.45) is 0 Å². The summed E-state index contributed by atoms with van der Waals surface area (Å²) in [6.07, 6.45) is 0. The lowest BCUT2D eigenvalue weighted by Crippen LogP contribution is -1.95. The van der Waals surface area contributed by atoms with Crippen LogP contribution < -0.4 is 0 Å². The first-order chi connectivity index (χ1) is 6.06. The van der Waals surface area contributed by atoms with Gasteiger partial charge >= 0.3 is 0 Å². The molecule has 0 spiro atoms. The number of benzene rings is 1. The highest BCUT2D eigenvalue weighted by atomic mass is 35.5. The van der Waals surface area contributed by atoms with Crippen molar-refractivity contribution in [1.29, 1.82) is 0 Å². The summed E-state index contributed by atoms with van der Waals surface area (Å²) < 4.78 is 0. The number of rotatable bonds is 2. The Balaban J connectivity index is 3.38. The molecule has 0 saturated heterocycles. The van der Waals surface area contributed by atoms with E-state index in [0.29, 0.717) is 10.6 Å². The van der Waals surface area contributed by atoms with E-state index in [4.69, 9.17) is 23.2 Å². The smallest absolute Gasteiger partial charge is 0.258 e. The van der Waals surface area contributed by atoms with Crippen LogP contribution in [0.3, 0.4) is 0 Å². The third kappa shape index (κ3) is 2.11. The van der Waals surface area contributed by atoms with Gasteiger partial charge in [0, 0.05) is 6.07 Å². The van der Waals surface area contributed by atoms with Crippen molar-refractivity contribution in [3.8, 4) is 0 Å². The molecule has 1 aromatic rings. The zero-order valence-corrected chi connectivity index (χ0v) is 8.39. The molecule has 0 radical (unpaired) electrons. The van der Waals surface area contributed by atoms with Crippen molar-refractivity contribution < 1.29 is 4.92 Å². The molecular formula is C8H7Cl2NO2. The molecule has 70 valence electrons. The third-order valence-electron chi connectivity index (χ3n) is 1.65. The summed E-state index contributed by atoms with van der Waals surface area (Å²) in [5, 5.41) is 10.9. The Bertz CT molecular complexity index is 352. The minimum absolute atomic E-state index is 0.0139. The van der Waals surface area contributed by atoms with Gasteiger partial charge in [-0.2, -0.15) is 0 Å². The first-order valence-corrected chi connectivity index (χ1v) is 4.47. The second kappa shape index (κ2) is 3.94. The van der Waals surface area contributed by atoms with E-state index in [2.05, 4.69) is 0 Å². The van der Waals surface area contributed by atoms with Crippen molar-refractivity contribution >= 4 is 28.9 Å². The molecule has 0 aromatic heterocycles. The van der Waals surface area contributed by atoms with Crippen LogP contribution in [0.15, 0.2) is 12.1 Å². The van der Waals surface area contributed by atoms with E-state index in [1.165, 1.54) is 6.07 Å². The Kier molecular flexibility index (Phi) is 3.12. The van der Waals surface area contributed by atoms with Gasteiger partial charge in [0.2, 0.25) is 0 Å². The van der Waals surface area contributed by atoms with Gasteiger partial charge in [-0.05, 0) is 18.6 Å². The first kappa shape index (κ1) is 10.3. The quantitative estimate of drug-likeness (QED) is 0.436. The van der Waals surface area contributed by atoms with E-state index in [9.17, 15) is 10.1 Å². The van der Waals surface area contributed by atoms with Crippen LogP contribution in [0, 0.1) is 17.0 Å². The van der Waals surface area contributed by atoms with E-state index in [-0.39, 0.29) is 11.6 Å². The molecule has 0 atom stereocenters. The van der Waals surface area contributed by atoms with E-state index in [1.54, 1.807) is 13.0 Å². The summed E-state index contributed by atoms with van der Waals surface area (Å²) in [5.74, 6) is 0.0510. The molecule has 0 unspecified atom stereocenters. The lowest BCUT2D eigenvalue weighted by Gasteiger charge is -2.02. The van der Waals surface area contributed by atoms with Gasteiger partial charge in [-0.25, -0.2) is 0 Å². The van der Waals surface area contributed by atoms with E-state index in [1.807, 2.05) is 0 Å². The predicted molar refractivity (Wildman–Crippen MR) is 52.4 cm³/mol. The molecule has 5 heteroatoms. The van der Waals surface area contributed by atoms with Crippen molar-refractivity contribution in [2.45, 2.75) is 12.8 Å². The number of nitrogens with zero attached hydrogens (tertiary/aromatic N) is 1. The van der Waals surface area contributed by atoms with Crippen molar-refractivity contribution in [3.05, 3.63) is 38.4 Å². The fraction of sp³-hybridized carbons (Fsp3) is 0.250. The molecule has 0 N–H and O–H groups in total. The fourth-order valence-electron chi connectivity index (χ4n) is 1.05. The summed E-state index contributed by atoms with van der Waals surface area (Å²) in [7, 11) is 0. The van der Waals surface area contributed by atoms with Gasteiger partial charge in [-0.3, -0.25) is 10.1 Å². The number of nitro benzene ring substituents is 1. The van der Waals surface area contributed by atoms with Crippen LogP contribution >= 0.6 is 23.2 Å². The lowest BCUT2D eigenvalue weighted by atomic mass is 10.1. The van der Waals surface area contributed by atoms with E-state index >= 15 is 0 Å². The summed E-state index contributed by atoms with van der Waals surface area (Å²) in [6.45, 7) is 1.75. The molecule has 0 aliphatic carbocycles. The Hall–Kier alpha value is -0.800. The van der Waals surface area contributed by atoms with Crippen LogP contribution in [0.25, 0.3) is 0 Å². The van der Waals surface area contributed by atoms with Crippen molar-refractivity contribution in [2.75, 3.05) is 0 Å². The van der Waals surface area contributed by atoms with Crippen LogP contribution in [0.5, 0.6) is 0 Å². The lowest BCUT2D eigenvalue weighted by molar-refractivity contribution is -0.385. The van der Waals surface area contributed by atoms with Crippen molar-refractivity contribution in [3.63, 3.8) is 0 Å². The number of nitro groups is 1. The normalized spacial score (nSPS) is 10.1. The molecule has 0 aliphatic rings. The minimum atomic E-state index is -0.476. The molecule has 0 aliphatic heterocycles. The Morgan fingerprint density at radius 1 is 1.54 bits per heavy atom. The SMILES string of the molecule is Cc1cc(Cl)c(CCl)c([N+](=O)[O-])c1. The summed E-state index contributed by atoms with van der Waals surface area (Å²) >= 11 is 11.3. The number of halogens is 2. The topological polar surface area (TPSA) is 43.1 Å². The average Bonchev–Trinajstić information content (AvgIpc) is 2.02. The predicted octanol–water partition coefficient (Wildman–Crippen LogP) is 3.30. The molecule has 0 heterocycles. The molecule has 0 amide bonds. The molecular weight excluding hydrogens is 213 g/mol. The monoisotopic (exact) mass is 219 g/mol. The molecule has 0 fully saturated rings. The van der Waals surface area contributed by atoms with Crippen LogP contribution in [-0.2, 0) is 5.88 Å². The zero-order chi connectivity index (χ0) is 10.0. The van der Waals surface area contributed by atoms with Crippen molar-refractivity contribution in [1.82, 2.24) is 0 Å². The highest BCUT2D eigenvalue weighted by Gasteiger charge is 2.16. The number of aryl methyl sites for hydroxylation is 1. The average molecular weight is 220 g/mol. The summed E-state index contributed by atoms with van der Waals surface area (Å²) in [5.41, 5.74) is 1.12.